The van der Waals surface area contributed by atoms with Crippen molar-refractivity contribution >= 4 is 5.91 Å². The van der Waals surface area contributed by atoms with E-state index in [2.05, 4.69) is 24.4 Å². The lowest BCUT2D eigenvalue weighted by molar-refractivity contribution is -0.122. The number of allylic oxidation sites excluding steroid dienone is 2. The molecular weight excluding hydrogens is 332 g/mol. The molecule has 27 heavy (non-hydrogen) atoms. The summed E-state index contributed by atoms with van der Waals surface area (Å²) in [6.07, 6.45) is 26.7. The Balaban J connectivity index is 1.83. The van der Waals surface area contributed by atoms with Crippen LogP contribution in [0.15, 0.2) is 12.2 Å². The van der Waals surface area contributed by atoms with Crippen LogP contribution in [0.1, 0.15) is 122 Å². The van der Waals surface area contributed by atoms with E-state index in [-0.39, 0.29) is 18.0 Å². The Kier molecular flexibility index (Phi) is 15.5. The van der Waals surface area contributed by atoms with Crippen molar-refractivity contribution in [1.29, 1.82) is 0 Å². The molecule has 3 heteroatoms. The number of hydrogen-bond donors (Lipinski definition) is 2. The Morgan fingerprint density at radius 2 is 1.41 bits per heavy atom. The van der Waals surface area contributed by atoms with Crippen molar-refractivity contribution in [2.45, 2.75) is 135 Å². The largest absolute Gasteiger partial charge is 0.352 e. The first kappa shape index (κ1) is 24.2. The average Bonchev–Trinajstić information content (AvgIpc) is 2.66. The van der Waals surface area contributed by atoms with Gasteiger partial charge < -0.3 is 11.1 Å². The van der Waals surface area contributed by atoms with Crippen LogP contribution < -0.4 is 11.1 Å². The zero-order valence-electron chi connectivity index (χ0n) is 18.0. The summed E-state index contributed by atoms with van der Waals surface area (Å²) < 4.78 is 0. The minimum Gasteiger partial charge on any atom is -0.352 e. The van der Waals surface area contributed by atoms with Crippen molar-refractivity contribution in [1.82, 2.24) is 5.32 Å². The van der Waals surface area contributed by atoms with E-state index in [1.165, 1.54) is 89.9 Å². The van der Waals surface area contributed by atoms with Crippen molar-refractivity contribution in [3.63, 3.8) is 0 Å². The van der Waals surface area contributed by atoms with Crippen molar-refractivity contribution < 1.29 is 4.79 Å². The third-order valence-corrected chi connectivity index (χ3v) is 5.83. The second-order valence-electron chi connectivity index (χ2n) is 8.46. The van der Waals surface area contributed by atoms with Gasteiger partial charge in [0.1, 0.15) is 0 Å². The molecule has 3 nitrogen and oxygen atoms in total. The molecule has 1 rings (SSSR count). The first-order valence-corrected chi connectivity index (χ1v) is 11.9. The maximum Gasteiger partial charge on any atom is 0.220 e. The van der Waals surface area contributed by atoms with Crippen LogP contribution in [0.25, 0.3) is 0 Å². The normalized spacial score (nSPS) is 20.2. The standard InChI is InChI=1S/C24H46N2O/c1-2-3-4-5-6-7-8-9-10-11-12-13-14-15-16-21-24(27)26-23-20-18-17-19-22(23)25/h9-10,22-23H,2-8,11-21,25H2,1H3,(H,26,27)/t22-,23-/m1/s1. The Morgan fingerprint density at radius 1 is 0.852 bits per heavy atom. The summed E-state index contributed by atoms with van der Waals surface area (Å²) in [5.41, 5.74) is 6.09. The van der Waals surface area contributed by atoms with Crippen LogP contribution in [-0.4, -0.2) is 18.0 Å². The Labute approximate surface area is 168 Å². The molecule has 1 amide bonds. The predicted molar refractivity (Wildman–Crippen MR) is 118 cm³/mol. The van der Waals surface area contributed by atoms with E-state index in [4.69, 9.17) is 5.73 Å². The van der Waals surface area contributed by atoms with Crippen LogP contribution in [0.3, 0.4) is 0 Å². The van der Waals surface area contributed by atoms with Gasteiger partial charge in [-0.25, -0.2) is 0 Å². The van der Waals surface area contributed by atoms with Gasteiger partial charge in [-0.2, -0.15) is 0 Å². The molecule has 158 valence electrons. The van der Waals surface area contributed by atoms with E-state index in [0.29, 0.717) is 6.42 Å². The lowest BCUT2D eigenvalue weighted by Gasteiger charge is -2.29. The zero-order valence-corrected chi connectivity index (χ0v) is 18.0. The highest BCUT2D eigenvalue weighted by Gasteiger charge is 2.22. The highest BCUT2D eigenvalue weighted by atomic mass is 16.1. The molecule has 1 saturated carbocycles. The van der Waals surface area contributed by atoms with Crippen LogP contribution in [-0.2, 0) is 4.79 Å². The molecule has 0 bridgehead atoms. The summed E-state index contributed by atoms with van der Waals surface area (Å²) in [7, 11) is 0. The highest BCUT2D eigenvalue weighted by Crippen LogP contribution is 2.17. The number of nitrogens with one attached hydrogen (secondary N) is 1. The van der Waals surface area contributed by atoms with Crippen LogP contribution in [0.2, 0.25) is 0 Å². The molecule has 0 spiro atoms. The SMILES string of the molecule is CCCCCCCCC=CCCCCCCCC(=O)N[C@@H]1CCCC[C@H]1N. The molecule has 0 aromatic carbocycles. The van der Waals surface area contributed by atoms with Crippen molar-refractivity contribution in [2.24, 2.45) is 5.73 Å². The van der Waals surface area contributed by atoms with Gasteiger partial charge in [-0.3, -0.25) is 4.79 Å². The van der Waals surface area contributed by atoms with Crippen LogP contribution in [0.5, 0.6) is 0 Å². The summed E-state index contributed by atoms with van der Waals surface area (Å²) in [5.74, 6) is 0.204. The van der Waals surface area contributed by atoms with Crippen molar-refractivity contribution in [3.05, 3.63) is 12.2 Å². The third-order valence-electron chi connectivity index (χ3n) is 5.83. The number of rotatable bonds is 16. The molecular formula is C24H46N2O. The molecule has 1 fully saturated rings. The van der Waals surface area contributed by atoms with Gasteiger partial charge in [-0.15, -0.1) is 0 Å². The average molecular weight is 379 g/mol. The molecule has 1 aliphatic rings. The zero-order chi connectivity index (χ0) is 19.6. The maximum atomic E-state index is 12.0. The van der Waals surface area contributed by atoms with Gasteiger partial charge in [-0.1, -0.05) is 83.3 Å². The van der Waals surface area contributed by atoms with Gasteiger partial charge in [0, 0.05) is 18.5 Å². The smallest absolute Gasteiger partial charge is 0.220 e. The Hall–Kier alpha value is -0.830. The summed E-state index contributed by atoms with van der Waals surface area (Å²) in [6.45, 7) is 2.27. The monoisotopic (exact) mass is 378 g/mol. The second-order valence-corrected chi connectivity index (χ2v) is 8.46. The predicted octanol–water partition coefficient (Wildman–Crippen LogP) is 6.41. The summed E-state index contributed by atoms with van der Waals surface area (Å²) in [5, 5.41) is 3.15. The van der Waals surface area contributed by atoms with E-state index in [0.717, 1.165) is 19.3 Å². The fourth-order valence-corrected chi connectivity index (χ4v) is 3.97. The molecule has 2 atom stereocenters. The number of hydrogen-bond acceptors (Lipinski definition) is 2. The molecule has 0 unspecified atom stereocenters. The number of unbranched alkanes of at least 4 members (excludes halogenated alkanes) is 11. The second kappa shape index (κ2) is 17.3. The van der Waals surface area contributed by atoms with Gasteiger partial charge in [0.25, 0.3) is 0 Å². The first-order valence-electron chi connectivity index (χ1n) is 11.9. The maximum absolute atomic E-state index is 12.0. The molecule has 0 aliphatic heterocycles. The number of carbonyl (C=O) groups is 1. The van der Waals surface area contributed by atoms with E-state index in [1.807, 2.05) is 0 Å². The molecule has 3 N–H and O–H groups in total. The Bertz CT molecular complexity index is 381. The lowest BCUT2D eigenvalue weighted by atomic mass is 9.91. The quantitative estimate of drug-likeness (QED) is 0.241. The van der Waals surface area contributed by atoms with Crippen LogP contribution >= 0.6 is 0 Å². The molecule has 0 aromatic rings. The van der Waals surface area contributed by atoms with Crippen molar-refractivity contribution in [2.75, 3.05) is 0 Å². The minimum atomic E-state index is 0.164. The van der Waals surface area contributed by atoms with Crippen LogP contribution in [0, 0.1) is 0 Å². The Morgan fingerprint density at radius 3 is 2.04 bits per heavy atom. The van der Waals surface area contributed by atoms with Gasteiger partial charge in [-0.05, 0) is 44.9 Å². The fourth-order valence-electron chi connectivity index (χ4n) is 3.97. The topological polar surface area (TPSA) is 55.1 Å². The van der Waals surface area contributed by atoms with Crippen LogP contribution in [0.4, 0.5) is 0 Å². The summed E-state index contributed by atoms with van der Waals surface area (Å²) in [4.78, 5) is 12.0. The van der Waals surface area contributed by atoms with E-state index in [9.17, 15) is 4.79 Å². The van der Waals surface area contributed by atoms with Crippen molar-refractivity contribution in [3.8, 4) is 0 Å². The number of carbonyl (C=O) groups excluding carboxylic acids is 1. The van der Waals surface area contributed by atoms with Gasteiger partial charge in [0.05, 0.1) is 0 Å². The number of amides is 1. The molecule has 0 saturated heterocycles. The molecule has 0 heterocycles. The lowest BCUT2D eigenvalue weighted by Crippen LogP contribution is -2.49. The van der Waals surface area contributed by atoms with Gasteiger partial charge in [0.2, 0.25) is 5.91 Å². The third kappa shape index (κ3) is 13.9. The first-order chi connectivity index (χ1) is 13.2. The molecule has 0 radical (unpaired) electrons. The van der Waals surface area contributed by atoms with E-state index < -0.39 is 0 Å². The van der Waals surface area contributed by atoms with Gasteiger partial charge in [0.15, 0.2) is 0 Å². The van der Waals surface area contributed by atoms with E-state index >= 15 is 0 Å². The summed E-state index contributed by atoms with van der Waals surface area (Å²) >= 11 is 0. The minimum absolute atomic E-state index is 0.164. The van der Waals surface area contributed by atoms with Gasteiger partial charge >= 0.3 is 0 Å². The fraction of sp³-hybridized carbons (Fsp3) is 0.875. The molecule has 0 aromatic heterocycles. The highest BCUT2D eigenvalue weighted by molar-refractivity contribution is 5.76. The van der Waals surface area contributed by atoms with E-state index in [1.54, 1.807) is 0 Å². The number of nitrogens with two attached hydrogens (primary N) is 1. The summed E-state index contributed by atoms with van der Waals surface area (Å²) in [6, 6.07) is 0.381. The molecule has 1 aliphatic carbocycles.